The summed E-state index contributed by atoms with van der Waals surface area (Å²) in [5.74, 6) is 0.159. The predicted molar refractivity (Wildman–Crippen MR) is 74.0 cm³/mol. The zero-order valence-electron chi connectivity index (χ0n) is 11.3. The van der Waals surface area contributed by atoms with Crippen LogP contribution in [0.15, 0.2) is 30.5 Å². The van der Waals surface area contributed by atoms with Crippen LogP contribution in [0.5, 0.6) is 0 Å². The zero-order valence-corrected chi connectivity index (χ0v) is 11.3. The molecule has 1 aromatic heterocycles. The summed E-state index contributed by atoms with van der Waals surface area (Å²) >= 11 is 0. The highest BCUT2D eigenvalue weighted by Crippen LogP contribution is 2.14. The van der Waals surface area contributed by atoms with Gasteiger partial charge in [-0.1, -0.05) is 25.1 Å². The van der Waals surface area contributed by atoms with E-state index in [2.05, 4.69) is 9.97 Å². The molecule has 0 bridgehead atoms. The number of rotatable bonds is 4. The number of hydrogen-bond acceptors (Lipinski definition) is 5. The Morgan fingerprint density at radius 2 is 2.16 bits per heavy atom. The van der Waals surface area contributed by atoms with Crippen molar-refractivity contribution >= 4 is 22.8 Å². The molecular formula is C14H17N3O2. The van der Waals surface area contributed by atoms with Gasteiger partial charge >= 0.3 is 5.97 Å². The average molecular weight is 259 g/mol. The number of anilines is 1. The first-order valence-corrected chi connectivity index (χ1v) is 6.12. The van der Waals surface area contributed by atoms with Gasteiger partial charge in [0.05, 0.1) is 18.5 Å². The van der Waals surface area contributed by atoms with E-state index in [-0.39, 0.29) is 11.9 Å². The van der Waals surface area contributed by atoms with Gasteiger partial charge in [0.15, 0.2) is 0 Å². The van der Waals surface area contributed by atoms with Crippen molar-refractivity contribution in [2.45, 2.75) is 6.92 Å². The maximum Gasteiger partial charge on any atom is 0.310 e. The highest BCUT2D eigenvalue weighted by atomic mass is 16.5. The molecule has 0 aliphatic carbocycles. The molecule has 2 aromatic rings. The van der Waals surface area contributed by atoms with Crippen LogP contribution < -0.4 is 4.90 Å². The van der Waals surface area contributed by atoms with Crippen LogP contribution in [0.3, 0.4) is 0 Å². The highest BCUT2D eigenvalue weighted by molar-refractivity contribution is 5.78. The molecule has 2 rings (SSSR count). The Hall–Kier alpha value is -2.17. The van der Waals surface area contributed by atoms with Gasteiger partial charge in [0.1, 0.15) is 0 Å². The van der Waals surface area contributed by atoms with Gasteiger partial charge in [0.2, 0.25) is 5.95 Å². The third-order valence-corrected chi connectivity index (χ3v) is 2.97. The maximum absolute atomic E-state index is 11.4. The first kappa shape index (κ1) is 13.3. The molecule has 0 radical (unpaired) electrons. The second-order valence-corrected chi connectivity index (χ2v) is 4.53. The predicted octanol–water partition coefficient (Wildman–Crippen LogP) is 1.88. The number of nitrogens with zero attached hydrogens (tertiary/aromatic N) is 3. The number of fused-ring (bicyclic) bond motifs is 1. The summed E-state index contributed by atoms with van der Waals surface area (Å²) in [6, 6.07) is 7.80. The molecule has 1 unspecified atom stereocenters. The Labute approximate surface area is 112 Å². The van der Waals surface area contributed by atoms with E-state index in [1.165, 1.54) is 7.11 Å². The summed E-state index contributed by atoms with van der Waals surface area (Å²) < 4.78 is 4.71. The number of benzene rings is 1. The minimum absolute atomic E-state index is 0.218. The quantitative estimate of drug-likeness (QED) is 0.785. The van der Waals surface area contributed by atoms with E-state index in [4.69, 9.17) is 4.74 Å². The second kappa shape index (κ2) is 5.65. The van der Waals surface area contributed by atoms with E-state index in [1.807, 2.05) is 43.1 Å². The Balaban J connectivity index is 2.17. The van der Waals surface area contributed by atoms with E-state index in [0.29, 0.717) is 12.5 Å². The lowest BCUT2D eigenvalue weighted by Crippen LogP contribution is -2.30. The van der Waals surface area contributed by atoms with Gasteiger partial charge in [0, 0.05) is 25.2 Å². The largest absolute Gasteiger partial charge is 0.469 e. The summed E-state index contributed by atoms with van der Waals surface area (Å²) in [5, 5.41) is 1.00. The Bertz CT molecular complexity index is 586. The average Bonchev–Trinajstić information content (AvgIpc) is 2.45. The van der Waals surface area contributed by atoms with Gasteiger partial charge in [0.25, 0.3) is 0 Å². The maximum atomic E-state index is 11.4. The van der Waals surface area contributed by atoms with E-state index in [1.54, 1.807) is 6.20 Å². The molecule has 0 saturated carbocycles. The third kappa shape index (κ3) is 2.99. The number of carbonyl (C=O) groups excluding carboxylic acids is 1. The molecule has 5 heteroatoms. The van der Waals surface area contributed by atoms with Gasteiger partial charge in [-0.15, -0.1) is 0 Å². The fraction of sp³-hybridized carbons (Fsp3) is 0.357. The normalized spacial score (nSPS) is 12.2. The molecule has 0 aliphatic heterocycles. The summed E-state index contributed by atoms with van der Waals surface area (Å²) in [4.78, 5) is 22.0. The van der Waals surface area contributed by atoms with Crippen LogP contribution in [0.2, 0.25) is 0 Å². The monoisotopic (exact) mass is 259 g/mol. The van der Waals surface area contributed by atoms with Crippen molar-refractivity contribution in [3.8, 4) is 0 Å². The van der Waals surface area contributed by atoms with Gasteiger partial charge in [-0.3, -0.25) is 4.79 Å². The highest BCUT2D eigenvalue weighted by Gasteiger charge is 2.17. The molecule has 0 aliphatic rings. The molecule has 1 aromatic carbocycles. The molecule has 5 nitrogen and oxygen atoms in total. The molecule has 100 valence electrons. The molecule has 0 fully saturated rings. The minimum Gasteiger partial charge on any atom is -0.469 e. The third-order valence-electron chi connectivity index (χ3n) is 2.97. The van der Waals surface area contributed by atoms with Crippen molar-refractivity contribution in [1.29, 1.82) is 0 Å². The fourth-order valence-corrected chi connectivity index (χ4v) is 1.91. The molecule has 1 heterocycles. The second-order valence-electron chi connectivity index (χ2n) is 4.53. The number of esters is 1. The minimum atomic E-state index is -0.229. The molecular weight excluding hydrogens is 242 g/mol. The SMILES string of the molecule is COC(=O)C(C)CN(C)c1ncc2ccccc2n1. The van der Waals surface area contributed by atoms with Crippen LogP contribution in [0.25, 0.3) is 10.9 Å². The van der Waals surface area contributed by atoms with Gasteiger partial charge < -0.3 is 9.64 Å². The van der Waals surface area contributed by atoms with Crippen molar-refractivity contribution < 1.29 is 9.53 Å². The van der Waals surface area contributed by atoms with Crippen LogP contribution in [0.1, 0.15) is 6.92 Å². The standard InChI is InChI=1S/C14H17N3O2/c1-10(13(18)19-3)9-17(2)14-15-8-11-6-4-5-7-12(11)16-14/h4-8,10H,9H2,1-3H3. The molecule has 1 atom stereocenters. The lowest BCUT2D eigenvalue weighted by molar-refractivity contribution is -0.144. The van der Waals surface area contributed by atoms with Crippen molar-refractivity contribution in [1.82, 2.24) is 9.97 Å². The molecule has 0 spiro atoms. The van der Waals surface area contributed by atoms with Crippen molar-refractivity contribution in [3.63, 3.8) is 0 Å². The molecule has 19 heavy (non-hydrogen) atoms. The Morgan fingerprint density at radius 3 is 2.89 bits per heavy atom. The molecule has 0 saturated heterocycles. The van der Waals surface area contributed by atoms with Crippen LogP contribution in [-0.4, -0.2) is 36.6 Å². The van der Waals surface area contributed by atoms with Crippen molar-refractivity contribution in [3.05, 3.63) is 30.5 Å². The topological polar surface area (TPSA) is 55.3 Å². The van der Waals surface area contributed by atoms with Crippen molar-refractivity contribution in [2.75, 3.05) is 25.6 Å². The number of ether oxygens (including phenoxy) is 1. The fourth-order valence-electron chi connectivity index (χ4n) is 1.91. The number of aromatic nitrogens is 2. The van der Waals surface area contributed by atoms with E-state index < -0.39 is 0 Å². The Morgan fingerprint density at radius 1 is 1.42 bits per heavy atom. The van der Waals surface area contributed by atoms with Gasteiger partial charge in [-0.25, -0.2) is 9.97 Å². The summed E-state index contributed by atoms with van der Waals surface area (Å²) in [6.45, 7) is 2.34. The number of carbonyl (C=O) groups is 1. The van der Waals surface area contributed by atoms with Crippen molar-refractivity contribution in [2.24, 2.45) is 5.92 Å². The van der Waals surface area contributed by atoms with E-state index in [0.717, 1.165) is 10.9 Å². The summed E-state index contributed by atoms with van der Waals surface area (Å²) in [6.07, 6.45) is 1.79. The molecule has 0 N–H and O–H groups in total. The first-order valence-electron chi connectivity index (χ1n) is 6.12. The lowest BCUT2D eigenvalue weighted by atomic mass is 10.2. The van der Waals surface area contributed by atoms with Gasteiger partial charge in [-0.05, 0) is 6.07 Å². The zero-order chi connectivity index (χ0) is 13.8. The first-order chi connectivity index (χ1) is 9.11. The van der Waals surface area contributed by atoms with Gasteiger partial charge in [-0.2, -0.15) is 0 Å². The lowest BCUT2D eigenvalue weighted by Gasteiger charge is -2.20. The number of para-hydroxylation sites is 1. The molecule has 0 amide bonds. The number of hydrogen-bond donors (Lipinski definition) is 0. The van der Waals surface area contributed by atoms with Crippen LogP contribution in [0.4, 0.5) is 5.95 Å². The van der Waals surface area contributed by atoms with Crippen LogP contribution in [-0.2, 0) is 9.53 Å². The van der Waals surface area contributed by atoms with E-state index in [9.17, 15) is 4.79 Å². The smallest absolute Gasteiger partial charge is 0.310 e. The van der Waals surface area contributed by atoms with E-state index >= 15 is 0 Å². The summed E-state index contributed by atoms with van der Waals surface area (Å²) in [7, 11) is 3.26. The number of methoxy groups -OCH3 is 1. The summed E-state index contributed by atoms with van der Waals surface area (Å²) in [5.41, 5.74) is 0.894. The van der Waals surface area contributed by atoms with Crippen LogP contribution in [0, 0.1) is 5.92 Å². The van der Waals surface area contributed by atoms with Crippen LogP contribution >= 0.6 is 0 Å². The Kier molecular flexibility index (Phi) is 3.94.